The predicted molar refractivity (Wildman–Crippen MR) is 80.0 cm³/mol. The highest BCUT2D eigenvalue weighted by molar-refractivity contribution is 5.71. The molecule has 0 fully saturated rings. The number of nitrogens with one attached hydrogen (secondary N) is 1. The topological polar surface area (TPSA) is 39.1 Å². The largest absolute Gasteiger partial charge is 0.493 e. The zero-order valence-electron chi connectivity index (χ0n) is 12.3. The molecule has 1 aliphatic rings. The number of rotatable bonds is 3. The van der Waals surface area contributed by atoms with Gasteiger partial charge < -0.3 is 10.1 Å². The summed E-state index contributed by atoms with van der Waals surface area (Å²) in [7, 11) is 1.71. The lowest BCUT2D eigenvalue weighted by atomic mass is 9.94. The minimum Gasteiger partial charge on any atom is -0.493 e. The summed E-state index contributed by atoms with van der Waals surface area (Å²) in [6.45, 7) is 6.25. The van der Waals surface area contributed by atoms with Gasteiger partial charge in [0.1, 0.15) is 5.69 Å². The summed E-state index contributed by atoms with van der Waals surface area (Å²) in [5.74, 6) is 0.845. The van der Waals surface area contributed by atoms with Crippen molar-refractivity contribution in [2.45, 2.75) is 32.9 Å². The van der Waals surface area contributed by atoms with Crippen LogP contribution in [-0.4, -0.2) is 23.4 Å². The zero-order valence-corrected chi connectivity index (χ0v) is 12.3. The van der Waals surface area contributed by atoms with Gasteiger partial charge in [-0.05, 0) is 37.9 Å². The van der Waals surface area contributed by atoms with E-state index in [0.717, 1.165) is 31.0 Å². The molecule has 0 amide bonds. The molecule has 0 spiro atoms. The molecule has 0 saturated carbocycles. The first-order chi connectivity index (χ1) is 9.72. The number of fused-ring (bicyclic) bond motifs is 1. The van der Waals surface area contributed by atoms with Crippen LogP contribution in [0.5, 0.6) is 5.75 Å². The lowest BCUT2D eigenvalue weighted by Gasteiger charge is -2.22. The van der Waals surface area contributed by atoms with E-state index in [2.05, 4.69) is 42.5 Å². The third kappa shape index (κ3) is 2.10. The number of benzene rings is 1. The van der Waals surface area contributed by atoms with Gasteiger partial charge in [-0.1, -0.05) is 18.2 Å². The third-order valence-electron chi connectivity index (χ3n) is 3.87. The summed E-state index contributed by atoms with van der Waals surface area (Å²) < 4.78 is 7.56. The number of hydrogen-bond acceptors (Lipinski definition) is 3. The predicted octanol–water partition coefficient (Wildman–Crippen LogP) is 2.79. The van der Waals surface area contributed by atoms with E-state index in [1.807, 2.05) is 10.9 Å². The second kappa shape index (κ2) is 5.29. The molecule has 106 valence electrons. The fourth-order valence-electron chi connectivity index (χ4n) is 2.88. The van der Waals surface area contributed by atoms with Crippen LogP contribution in [0, 0.1) is 0 Å². The molecule has 4 nitrogen and oxygen atoms in total. The van der Waals surface area contributed by atoms with Crippen LogP contribution in [0.25, 0.3) is 11.3 Å². The quantitative estimate of drug-likeness (QED) is 0.933. The fraction of sp³-hybridized carbons (Fsp3) is 0.438. The summed E-state index contributed by atoms with van der Waals surface area (Å²) >= 11 is 0. The van der Waals surface area contributed by atoms with Crippen LogP contribution in [0.1, 0.15) is 31.0 Å². The standard InChI is InChI=1S/C16H21N3O/c1-11(2)19-16(15(20-3)10-18-19)13-6-4-5-12-7-8-17-9-14(12)13/h4-6,10-11,17H,7-9H2,1-3H3. The summed E-state index contributed by atoms with van der Waals surface area (Å²) in [6, 6.07) is 6.84. The van der Waals surface area contributed by atoms with E-state index in [1.165, 1.54) is 16.7 Å². The summed E-state index contributed by atoms with van der Waals surface area (Å²) in [5.41, 5.74) is 5.13. The highest BCUT2D eigenvalue weighted by Crippen LogP contribution is 2.36. The van der Waals surface area contributed by atoms with Gasteiger partial charge in [-0.3, -0.25) is 4.68 Å². The Morgan fingerprint density at radius 1 is 1.35 bits per heavy atom. The zero-order chi connectivity index (χ0) is 14.1. The SMILES string of the molecule is COc1cnn(C(C)C)c1-c1cccc2c1CNCC2. The Balaban J connectivity index is 2.20. The second-order valence-corrected chi connectivity index (χ2v) is 5.47. The van der Waals surface area contributed by atoms with Crippen molar-refractivity contribution in [3.8, 4) is 17.0 Å². The number of hydrogen-bond donors (Lipinski definition) is 1. The molecule has 0 unspecified atom stereocenters. The van der Waals surface area contributed by atoms with Gasteiger partial charge in [-0.2, -0.15) is 5.10 Å². The van der Waals surface area contributed by atoms with Crippen LogP contribution in [0.2, 0.25) is 0 Å². The maximum absolute atomic E-state index is 5.52. The minimum atomic E-state index is 0.307. The molecule has 1 aromatic heterocycles. The van der Waals surface area contributed by atoms with Crippen molar-refractivity contribution in [2.24, 2.45) is 0 Å². The number of methoxy groups -OCH3 is 1. The molecule has 1 aliphatic heterocycles. The van der Waals surface area contributed by atoms with Crippen LogP contribution >= 0.6 is 0 Å². The van der Waals surface area contributed by atoms with E-state index in [4.69, 9.17) is 4.74 Å². The smallest absolute Gasteiger partial charge is 0.164 e. The van der Waals surface area contributed by atoms with Gasteiger partial charge >= 0.3 is 0 Å². The molecule has 1 N–H and O–H groups in total. The van der Waals surface area contributed by atoms with Crippen molar-refractivity contribution in [1.82, 2.24) is 15.1 Å². The van der Waals surface area contributed by atoms with E-state index in [-0.39, 0.29) is 0 Å². The molecule has 2 heterocycles. The molecule has 0 bridgehead atoms. The van der Waals surface area contributed by atoms with Gasteiger partial charge in [0.05, 0.1) is 13.3 Å². The normalized spacial score (nSPS) is 14.4. The van der Waals surface area contributed by atoms with Gasteiger partial charge in [0.2, 0.25) is 0 Å². The Hall–Kier alpha value is -1.81. The van der Waals surface area contributed by atoms with Crippen molar-refractivity contribution in [2.75, 3.05) is 13.7 Å². The van der Waals surface area contributed by atoms with Gasteiger partial charge in [0.15, 0.2) is 5.75 Å². The van der Waals surface area contributed by atoms with Gasteiger partial charge in [-0.15, -0.1) is 0 Å². The molecule has 1 aromatic carbocycles. The summed E-state index contributed by atoms with van der Waals surface area (Å²) in [4.78, 5) is 0. The maximum atomic E-state index is 5.52. The van der Waals surface area contributed by atoms with E-state index in [1.54, 1.807) is 7.11 Å². The highest BCUT2D eigenvalue weighted by Gasteiger charge is 2.21. The number of ether oxygens (including phenoxy) is 1. The van der Waals surface area contributed by atoms with Gasteiger partial charge in [0, 0.05) is 18.2 Å². The first kappa shape index (κ1) is 13.2. The Morgan fingerprint density at radius 3 is 2.95 bits per heavy atom. The van der Waals surface area contributed by atoms with Crippen molar-refractivity contribution >= 4 is 0 Å². The van der Waals surface area contributed by atoms with Crippen molar-refractivity contribution in [3.05, 3.63) is 35.5 Å². The molecule has 0 aliphatic carbocycles. The third-order valence-corrected chi connectivity index (χ3v) is 3.87. The van der Waals surface area contributed by atoms with Crippen molar-refractivity contribution in [1.29, 1.82) is 0 Å². The summed E-state index contributed by atoms with van der Waals surface area (Å²) in [5, 5.41) is 7.94. The molecule has 4 heteroatoms. The first-order valence-corrected chi connectivity index (χ1v) is 7.15. The van der Waals surface area contributed by atoms with E-state index >= 15 is 0 Å². The molecular weight excluding hydrogens is 250 g/mol. The Labute approximate surface area is 119 Å². The Kier molecular flexibility index (Phi) is 3.49. The Morgan fingerprint density at radius 2 is 2.20 bits per heavy atom. The van der Waals surface area contributed by atoms with Crippen molar-refractivity contribution in [3.63, 3.8) is 0 Å². The van der Waals surface area contributed by atoms with Crippen LogP contribution in [0.3, 0.4) is 0 Å². The summed E-state index contributed by atoms with van der Waals surface area (Å²) in [6.07, 6.45) is 2.90. The maximum Gasteiger partial charge on any atom is 0.164 e. The Bertz CT molecular complexity index is 616. The highest BCUT2D eigenvalue weighted by atomic mass is 16.5. The van der Waals surface area contributed by atoms with Crippen molar-refractivity contribution < 1.29 is 4.74 Å². The fourth-order valence-corrected chi connectivity index (χ4v) is 2.88. The lowest BCUT2D eigenvalue weighted by molar-refractivity contribution is 0.415. The second-order valence-electron chi connectivity index (χ2n) is 5.47. The van der Waals surface area contributed by atoms with Crippen LogP contribution in [-0.2, 0) is 13.0 Å². The molecule has 0 radical (unpaired) electrons. The van der Waals surface area contributed by atoms with Crippen LogP contribution in [0.4, 0.5) is 0 Å². The average Bonchev–Trinajstić information content (AvgIpc) is 2.90. The van der Waals surface area contributed by atoms with Gasteiger partial charge in [-0.25, -0.2) is 0 Å². The molecule has 3 rings (SSSR count). The van der Waals surface area contributed by atoms with E-state index in [0.29, 0.717) is 6.04 Å². The lowest BCUT2D eigenvalue weighted by Crippen LogP contribution is -2.24. The number of aromatic nitrogens is 2. The minimum absolute atomic E-state index is 0.307. The molecule has 2 aromatic rings. The average molecular weight is 271 g/mol. The number of nitrogens with zero attached hydrogens (tertiary/aromatic N) is 2. The van der Waals surface area contributed by atoms with Crippen LogP contribution < -0.4 is 10.1 Å². The van der Waals surface area contributed by atoms with Gasteiger partial charge in [0.25, 0.3) is 0 Å². The first-order valence-electron chi connectivity index (χ1n) is 7.15. The molecular formula is C16H21N3O. The molecule has 0 saturated heterocycles. The molecule has 0 atom stereocenters. The van der Waals surface area contributed by atoms with Crippen LogP contribution in [0.15, 0.2) is 24.4 Å². The van der Waals surface area contributed by atoms with E-state index < -0.39 is 0 Å². The van der Waals surface area contributed by atoms with E-state index in [9.17, 15) is 0 Å². The molecule has 20 heavy (non-hydrogen) atoms. The monoisotopic (exact) mass is 271 g/mol.